The van der Waals surface area contributed by atoms with Gasteiger partial charge in [-0.25, -0.2) is 14.3 Å². The van der Waals surface area contributed by atoms with E-state index in [0.29, 0.717) is 48.5 Å². The van der Waals surface area contributed by atoms with E-state index in [1.165, 1.54) is 15.9 Å². The summed E-state index contributed by atoms with van der Waals surface area (Å²) < 4.78 is 11.2. The van der Waals surface area contributed by atoms with Crippen LogP contribution in [0.1, 0.15) is 52.4 Å². The first-order valence-electron chi connectivity index (χ1n) is 10.8. The lowest BCUT2D eigenvalue weighted by Gasteiger charge is -2.34. The molecule has 3 aromatic heterocycles. The normalized spacial score (nSPS) is 15.4. The highest BCUT2D eigenvalue weighted by Gasteiger charge is 2.30. The minimum atomic E-state index is -0.579. The number of rotatable bonds is 4. The van der Waals surface area contributed by atoms with Gasteiger partial charge in [0.2, 0.25) is 0 Å². The monoisotopic (exact) mass is 539 g/mol. The summed E-state index contributed by atoms with van der Waals surface area (Å²) in [6.45, 7) is 8.91. The number of hydrogen-bond acceptors (Lipinski definition) is 8. The van der Waals surface area contributed by atoms with Gasteiger partial charge < -0.3 is 9.64 Å². The molecule has 4 heterocycles. The third-order valence-corrected chi connectivity index (χ3v) is 7.12. The first-order valence-corrected chi connectivity index (χ1v) is 12.4. The Morgan fingerprint density at radius 2 is 1.97 bits per heavy atom. The van der Waals surface area contributed by atoms with Crippen LogP contribution in [0.4, 0.5) is 4.79 Å². The Morgan fingerprint density at radius 3 is 2.61 bits per heavy atom. The van der Waals surface area contributed by atoms with Gasteiger partial charge >= 0.3 is 11.8 Å². The number of fused-ring (bicyclic) bond motifs is 1. The van der Waals surface area contributed by atoms with Gasteiger partial charge in [-0.15, -0.1) is 16.4 Å². The molecule has 1 aliphatic heterocycles. The number of aryl methyl sites for hydroxylation is 1. The predicted molar refractivity (Wildman–Crippen MR) is 127 cm³/mol. The Bertz CT molecular complexity index is 1290. The summed E-state index contributed by atoms with van der Waals surface area (Å²) in [5, 5.41) is 11.7. The van der Waals surface area contributed by atoms with E-state index in [1.807, 2.05) is 27.7 Å². The van der Waals surface area contributed by atoms with Crippen LogP contribution in [0.5, 0.6) is 0 Å². The van der Waals surface area contributed by atoms with Gasteiger partial charge in [0, 0.05) is 25.7 Å². The number of halogens is 1. The lowest BCUT2D eigenvalue weighted by Crippen LogP contribution is -2.47. The maximum absolute atomic E-state index is 13.6. The third-order valence-electron chi connectivity index (χ3n) is 5.51. The number of carbonyl (C=O) groups is 1. The number of tetrazole rings is 1. The van der Waals surface area contributed by atoms with Crippen LogP contribution in [-0.2, 0) is 17.8 Å². The van der Waals surface area contributed by atoms with Crippen molar-refractivity contribution in [3.05, 3.63) is 36.5 Å². The van der Waals surface area contributed by atoms with E-state index in [4.69, 9.17) is 4.74 Å². The Hall–Kier alpha value is -2.54. The van der Waals surface area contributed by atoms with Gasteiger partial charge in [-0.05, 0) is 73.0 Å². The van der Waals surface area contributed by atoms with E-state index >= 15 is 0 Å². The zero-order chi connectivity index (χ0) is 23.9. The number of amides is 1. The molecule has 0 bridgehead atoms. The lowest BCUT2D eigenvalue weighted by atomic mass is 10.1. The van der Waals surface area contributed by atoms with E-state index in [1.54, 1.807) is 20.2 Å². The number of thiophene rings is 1. The SMILES string of the molecule is CCn1nnnc1Cn1c(=O)n(C2CCN(C(=O)OC(C)(C)C)CC2)c(=O)c2sc(Br)cc21. The molecule has 0 atom stereocenters. The van der Waals surface area contributed by atoms with Crippen LogP contribution in [0.3, 0.4) is 0 Å². The number of piperidine rings is 1. The van der Waals surface area contributed by atoms with Crippen molar-refractivity contribution in [2.24, 2.45) is 0 Å². The second-order valence-electron chi connectivity index (χ2n) is 8.92. The summed E-state index contributed by atoms with van der Waals surface area (Å²) in [5.74, 6) is 0.535. The first-order chi connectivity index (χ1) is 15.6. The Balaban J connectivity index is 1.68. The molecule has 13 heteroatoms. The number of hydrogen-bond donors (Lipinski definition) is 0. The second kappa shape index (κ2) is 9.01. The number of carbonyl (C=O) groups excluding carboxylic acids is 1. The van der Waals surface area contributed by atoms with Gasteiger partial charge in [0.1, 0.15) is 10.3 Å². The Labute approximate surface area is 202 Å². The molecule has 33 heavy (non-hydrogen) atoms. The van der Waals surface area contributed by atoms with E-state index < -0.39 is 11.3 Å². The fourth-order valence-corrected chi connectivity index (χ4v) is 5.49. The zero-order valence-corrected chi connectivity index (χ0v) is 21.3. The van der Waals surface area contributed by atoms with Gasteiger partial charge in [-0.1, -0.05) is 0 Å². The average molecular weight is 540 g/mol. The van der Waals surface area contributed by atoms with Gasteiger partial charge in [-0.3, -0.25) is 13.9 Å². The minimum Gasteiger partial charge on any atom is -0.444 e. The van der Waals surface area contributed by atoms with Crippen molar-refractivity contribution in [3.63, 3.8) is 0 Å². The molecule has 0 N–H and O–H groups in total. The molecule has 178 valence electrons. The van der Waals surface area contributed by atoms with E-state index in [0.717, 1.165) is 3.79 Å². The topological polar surface area (TPSA) is 117 Å². The second-order valence-corrected chi connectivity index (χ2v) is 11.3. The molecular formula is C20H26BrN7O4S. The van der Waals surface area contributed by atoms with E-state index in [2.05, 4.69) is 31.5 Å². The highest BCUT2D eigenvalue weighted by molar-refractivity contribution is 9.11. The van der Waals surface area contributed by atoms with Crippen LogP contribution in [0.2, 0.25) is 0 Å². The average Bonchev–Trinajstić information content (AvgIpc) is 3.36. The van der Waals surface area contributed by atoms with Crippen molar-refractivity contribution in [1.29, 1.82) is 0 Å². The standard InChI is InChI=1S/C20H26BrN7O4S/c1-5-27-15(22-23-24-27)11-26-13-10-14(21)33-16(13)17(29)28(18(26)30)12-6-8-25(9-7-12)19(31)32-20(2,3)4/h10,12H,5-9,11H2,1-4H3. The minimum absolute atomic E-state index is 0.149. The molecule has 0 radical (unpaired) electrons. The molecule has 0 unspecified atom stereocenters. The van der Waals surface area contributed by atoms with Crippen molar-refractivity contribution >= 4 is 43.6 Å². The molecule has 1 aliphatic rings. The van der Waals surface area contributed by atoms with Crippen LogP contribution in [0, 0.1) is 0 Å². The van der Waals surface area contributed by atoms with Crippen LogP contribution < -0.4 is 11.2 Å². The maximum Gasteiger partial charge on any atom is 0.410 e. The molecule has 1 saturated heterocycles. The zero-order valence-electron chi connectivity index (χ0n) is 18.9. The fourth-order valence-electron chi connectivity index (χ4n) is 3.97. The highest BCUT2D eigenvalue weighted by Crippen LogP contribution is 2.28. The Morgan fingerprint density at radius 1 is 1.27 bits per heavy atom. The Kier molecular flexibility index (Phi) is 6.45. The molecule has 0 aliphatic carbocycles. The van der Waals surface area contributed by atoms with Crippen molar-refractivity contribution in [2.75, 3.05) is 13.1 Å². The van der Waals surface area contributed by atoms with Gasteiger partial charge in [-0.2, -0.15) is 0 Å². The molecule has 0 saturated carbocycles. The summed E-state index contributed by atoms with van der Waals surface area (Å²) in [7, 11) is 0. The molecule has 1 fully saturated rings. The van der Waals surface area contributed by atoms with Gasteiger partial charge in [0.15, 0.2) is 5.82 Å². The summed E-state index contributed by atoms with van der Waals surface area (Å²) in [6, 6.07) is 1.46. The summed E-state index contributed by atoms with van der Waals surface area (Å²) in [6.07, 6.45) is 0.591. The molecule has 0 aromatic carbocycles. The van der Waals surface area contributed by atoms with Crippen LogP contribution in [-0.4, -0.2) is 59.0 Å². The van der Waals surface area contributed by atoms with E-state index in [-0.39, 0.29) is 24.2 Å². The highest BCUT2D eigenvalue weighted by atomic mass is 79.9. The largest absolute Gasteiger partial charge is 0.444 e. The van der Waals surface area contributed by atoms with Crippen LogP contribution in [0.15, 0.2) is 19.4 Å². The lowest BCUT2D eigenvalue weighted by molar-refractivity contribution is 0.0186. The molecular weight excluding hydrogens is 514 g/mol. The molecule has 4 rings (SSSR count). The molecule has 3 aromatic rings. The number of aromatic nitrogens is 6. The molecule has 0 spiro atoms. The van der Waals surface area contributed by atoms with E-state index in [9.17, 15) is 14.4 Å². The van der Waals surface area contributed by atoms with Crippen LogP contribution >= 0.6 is 27.3 Å². The number of ether oxygens (including phenoxy) is 1. The van der Waals surface area contributed by atoms with Crippen LogP contribution in [0.25, 0.3) is 10.2 Å². The predicted octanol–water partition coefficient (Wildman–Crippen LogP) is 2.61. The number of likely N-dealkylation sites (tertiary alicyclic amines) is 1. The van der Waals surface area contributed by atoms with Crippen molar-refractivity contribution in [2.45, 2.75) is 65.3 Å². The smallest absolute Gasteiger partial charge is 0.410 e. The maximum atomic E-state index is 13.6. The third kappa shape index (κ3) is 4.74. The quantitative estimate of drug-likeness (QED) is 0.500. The van der Waals surface area contributed by atoms with Crippen molar-refractivity contribution < 1.29 is 9.53 Å². The summed E-state index contributed by atoms with van der Waals surface area (Å²) in [5.41, 5.74) is -0.744. The fraction of sp³-hybridized carbons (Fsp3) is 0.600. The number of nitrogens with zero attached hydrogens (tertiary/aromatic N) is 7. The molecule has 1 amide bonds. The van der Waals surface area contributed by atoms with Gasteiger partial charge in [0.05, 0.1) is 15.8 Å². The van der Waals surface area contributed by atoms with Crippen molar-refractivity contribution in [3.8, 4) is 0 Å². The molecule has 11 nitrogen and oxygen atoms in total. The summed E-state index contributed by atoms with van der Waals surface area (Å²) >= 11 is 4.74. The van der Waals surface area contributed by atoms with Gasteiger partial charge in [0.25, 0.3) is 5.56 Å². The van der Waals surface area contributed by atoms with Crippen molar-refractivity contribution in [1.82, 2.24) is 34.2 Å². The first kappa shape index (κ1) is 23.6. The summed E-state index contributed by atoms with van der Waals surface area (Å²) in [4.78, 5) is 40.9.